The summed E-state index contributed by atoms with van der Waals surface area (Å²) in [6.45, 7) is 5.64. The highest BCUT2D eigenvalue weighted by Gasteiger charge is 2.26. The van der Waals surface area contributed by atoms with E-state index in [0.717, 1.165) is 37.0 Å². The van der Waals surface area contributed by atoms with E-state index in [1.807, 2.05) is 31.4 Å². The predicted molar refractivity (Wildman–Crippen MR) is 115 cm³/mol. The Morgan fingerprint density at radius 3 is 2.80 bits per heavy atom. The Labute approximate surface area is 177 Å². The zero-order valence-corrected chi connectivity index (χ0v) is 17.7. The van der Waals surface area contributed by atoms with Gasteiger partial charge in [0.05, 0.1) is 24.4 Å². The van der Waals surface area contributed by atoms with Gasteiger partial charge in [0.2, 0.25) is 0 Å². The minimum atomic E-state index is -0.489. The minimum Gasteiger partial charge on any atom is -0.504 e. The molecule has 0 aliphatic carbocycles. The molecule has 3 heterocycles. The van der Waals surface area contributed by atoms with Gasteiger partial charge in [-0.2, -0.15) is 0 Å². The number of aryl methyl sites for hydroxylation is 1. The molecule has 1 unspecified atom stereocenters. The van der Waals surface area contributed by atoms with Gasteiger partial charge in [0.25, 0.3) is 0 Å². The Balaban J connectivity index is 1.42. The smallest absolute Gasteiger partial charge is 0.343 e. The molecule has 5 nitrogen and oxygen atoms in total. The Hall–Kier alpha value is -3.21. The highest BCUT2D eigenvalue weighted by Crippen LogP contribution is 2.25. The molecule has 0 fully saturated rings. The van der Waals surface area contributed by atoms with Crippen molar-refractivity contribution in [3.8, 4) is 0 Å². The third-order valence-electron chi connectivity index (χ3n) is 5.01. The van der Waals surface area contributed by atoms with Crippen LogP contribution in [0.4, 0.5) is 0 Å². The van der Waals surface area contributed by atoms with Gasteiger partial charge in [0, 0.05) is 6.42 Å². The van der Waals surface area contributed by atoms with Crippen LogP contribution in [0.2, 0.25) is 0 Å². The van der Waals surface area contributed by atoms with Gasteiger partial charge >= 0.3 is 5.97 Å². The van der Waals surface area contributed by atoms with Gasteiger partial charge in [-0.15, -0.1) is 0 Å². The van der Waals surface area contributed by atoms with Crippen LogP contribution in [-0.2, 0) is 22.4 Å². The van der Waals surface area contributed by atoms with Crippen LogP contribution in [0.15, 0.2) is 86.7 Å². The molecule has 1 aliphatic heterocycles. The van der Waals surface area contributed by atoms with E-state index < -0.39 is 5.97 Å². The van der Waals surface area contributed by atoms with Gasteiger partial charge < -0.3 is 18.7 Å². The first kappa shape index (κ1) is 21.5. The van der Waals surface area contributed by atoms with Crippen molar-refractivity contribution in [3.63, 3.8) is 0 Å². The number of aliphatic hydroxyl groups is 1. The first-order valence-corrected chi connectivity index (χ1v) is 10.2. The lowest BCUT2D eigenvalue weighted by atomic mass is 10.1. The molecule has 2 aromatic heterocycles. The van der Waals surface area contributed by atoms with Gasteiger partial charge in [-0.1, -0.05) is 30.7 Å². The van der Waals surface area contributed by atoms with Crippen molar-refractivity contribution < 1.29 is 23.5 Å². The third kappa shape index (κ3) is 5.89. The topological polar surface area (TPSA) is 72.8 Å². The van der Waals surface area contributed by atoms with Crippen LogP contribution < -0.4 is 0 Å². The second kappa shape index (κ2) is 10.0. The van der Waals surface area contributed by atoms with Crippen LogP contribution in [0, 0.1) is 5.92 Å². The number of cyclic esters (lactones) is 1. The molecular weight excluding hydrogens is 380 g/mol. The number of carbonyl (C=O) groups is 1. The zero-order valence-electron chi connectivity index (χ0n) is 17.7. The molecule has 158 valence electrons. The first-order valence-electron chi connectivity index (χ1n) is 10.2. The molecule has 0 aromatic carbocycles. The summed E-state index contributed by atoms with van der Waals surface area (Å²) in [4.78, 5) is 11.4. The third-order valence-corrected chi connectivity index (χ3v) is 5.01. The standard InChI is InChI=1S/C25H28O5/c1-17(6-4-8-18(2)12-23-24(26)19(3)25(27)30-23)7-5-9-20-13-22(29-16-20)14-21-10-11-28-15-21/h4,6,8,10-13,15-16,18,26H,5,7,9,14H2,1-3H3. The number of allylic oxidation sites excluding steroid dienone is 5. The van der Waals surface area contributed by atoms with Gasteiger partial charge in [-0.05, 0) is 68.4 Å². The number of hydrogen-bond donors (Lipinski definition) is 1. The van der Waals surface area contributed by atoms with Gasteiger partial charge in [0.1, 0.15) is 5.76 Å². The maximum atomic E-state index is 11.4. The molecular formula is C25H28O5. The lowest BCUT2D eigenvalue weighted by Crippen LogP contribution is -1.96. The van der Waals surface area contributed by atoms with Crippen molar-refractivity contribution in [2.45, 2.75) is 46.5 Å². The quantitative estimate of drug-likeness (QED) is 0.395. The lowest BCUT2D eigenvalue weighted by molar-refractivity contribution is -0.133. The molecule has 2 aromatic rings. The number of hydrogen-bond acceptors (Lipinski definition) is 5. The van der Waals surface area contributed by atoms with Crippen LogP contribution in [0.1, 0.15) is 50.5 Å². The molecule has 0 saturated heterocycles. The van der Waals surface area contributed by atoms with E-state index in [1.165, 1.54) is 11.1 Å². The molecule has 1 aliphatic rings. The molecule has 1 atom stereocenters. The molecule has 0 bridgehead atoms. The van der Waals surface area contributed by atoms with Crippen LogP contribution in [0.25, 0.3) is 0 Å². The van der Waals surface area contributed by atoms with Gasteiger partial charge in [-0.3, -0.25) is 0 Å². The molecule has 3 rings (SSSR count). The fourth-order valence-electron chi connectivity index (χ4n) is 3.21. The van der Waals surface area contributed by atoms with Crippen LogP contribution in [-0.4, -0.2) is 11.1 Å². The van der Waals surface area contributed by atoms with E-state index >= 15 is 0 Å². The van der Waals surface area contributed by atoms with Crippen molar-refractivity contribution in [2.24, 2.45) is 5.92 Å². The summed E-state index contributed by atoms with van der Waals surface area (Å²) in [5, 5.41) is 9.87. The highest BCUT2D eigenvalue weighted by molar-refractivity contribution is 5.93. The van der Waals surface area contributed by atoms with Crippen LogP contribution >= 0.6 is 0 Å². The molecule has 0 radical (unpaired) electrons. The Morgan fingerprint density at radius 1 is 1.27 bits per heavy atom. The fourth-order valence-corrected chi connectivity index (χ4v) is 3.21. The summed E-state index contributed by atoms with van der Waals surface area (Å²) in [5.74, 6) is 0.664. The number of aliphatic hydroxyl groups excluding tert-OH is 1. The van der Waals surface area contributed by atoms with Crippen molar-refractivity contribution in [3.05, 3.63) is 94.8 Å². The van der Waals surface area contributed by atoms with E-state index in [2.05, 4.69) is 19.1 Å². The number of carbonyl (C=O) groups excluding carboxylic acids is 1. The molecule has 5 heteroatoms. The molecule has 30 heavy (non-hydrogen) atoms. The monoisotopic (exact) mass is 408 g/mol. The summed E-state index contributed by atoms with van der Waals surface area (Å²) in [6.07, 6.45) is 16.9. The SMILES string of the molecule is CC(=CC=CC(C)C=C1OC(=O)C(C)=C1O)CCCc1coc(Cc2ccoc2)c1. The van der Waals surface area contributed by atoms with Gasteiger partial charge in [0.15, 0.2) is 11.5 Å². The summed E-state index contributed by atoms with van der Waals surface area (Å²) in [5.41, 5.74) is 3.86. The van der Waals surface area contributed by atoms with E-state index in [0.29, 0.717) is 0 Å². The Bertz CT molecular complexity index is 983. The van der Waals surface area contributed by atoms with Crippen molar-refractivity contribution >= 4 is 5.97 Å². The summed E-state index contributed by atoms with van der Waals surface area (Å²) < 4.78 is 15.8. The second-order valence-corrected chi connectivity index (χ2v) is 7.73. The minimum absolute atomic E-state index is 0.0319. The van der Waals surface area contributed by atoms with Crippen molar-refractivity contribution in [1.29, 1.82) is 0 Å². The van der Waals surface area contributed by atoms with Crippen molar-refractivity contribution in [2.75, 3.05) is 0 Å². The predicted octanol–water partition coefficient (Wildman–Crippen LogP) is 6.20. The first-order chi connectivity index (χ1) is 14.4. The van der Waals surface area contributed by atoms with E-state index in [4.69, 9.17) is 13.6 Å². The average molecular weight is 408 g/mol. The zero-order chi connectivity index (χ0) is 21.5. The molecule has 1 N–H and O–H groups in total. The highest BCUT2D eigenvalue weighted by atomic mass is 16.6. The maximum absolute atomic E-state index is 11.4. The normalized spacial score (nSPS) is 17.4. The fraction of sp³-hybridized carbons (Fsp3) is 0.320. The summed E-state index contributed by atoms with van der Waals surface area (Å²) in [6, 6.07) is 4.06. The largest absolute Gasteiger partial charge is 0.504 e. The molecule has 0 spiro atoms. The maximum Gasteiger partial charge on any atom is 0.343 e. The molecule has 0 saturated carbocycles. The number of ether oxygens (including phenoxy) is 1. The van der Waals surface area contributed by atoms with Crippen LogP contribution in [0.5, 0.6) is 0 Å². The Kier molecular flexibility index (Phi) is 7.17. The number of rotatable bonds is 9. The lowest BCUT2D eigenvalue weighted by Gasteiger charge is -2.02. The van der Waals surface area contributed by atoms with E-state index in [1.54, 1.807) is 25.5 Å². The van der Waals surface area contributed by atoms with Crippen LogP contribution in [0.3, 0.4) is 0 Å². The Morgan fingerprint density at radius 2 is 2.10 bits per heavy atom. The van der Waals surface area contributed by atoms with E-state index in [9.17, 15) is 9.90 Å². The number of esters is 1. The van der Waals surface area contributed by atoms with Crippen molar-refractivity contribution in [1.82, 2.24) is 0 Å². The number of furan rings is 2. The molecule has 0 amide bonds. The summed E-state index contributed by atoms with van der Waals surface area (Å²) in [7, 11) is 0. The second-order valence-electron chi connectivity index (χ2n) is 7.73. The van der Waals surface area contributed by atoms with E-state index in [-0.39, 0.29) is 23.0 Å². The van der Waals surface area contributed by atoms with Gasteiger partial charge in [-0.25, -0.2) is 4.79 Å². The summed E-state index contributed by atoms with van der Waals surface area (Å²) >= 11 is 0. The average Bonchev–Trinajstić information content (AvgIpc) is 3.43.